The molecule has 5 heteroatoms. The van der Waals surface area contributed by atoms with E-state index >= 15 is 0 Å². The van der Waals surface area contributed by atoms with Gasteiger partial charge in [0.1, 0.15) is 5.15 Å². The van der Waals surface area contributed by atoms with Crippen LogP contribution in [0, 0.1) is 0 Å². The summed E-state index contributed by atoms with van der Waals surface area (Å²) in [7, 11) is 3.39. The van der Waals surface area contributed by atoms with E-state index in [4.69, 9.17) is 22.1 Å². The Morgan fingerprint density at radius 1 is 1.67 bits per heavy atom. The smallest absolute Gasteiger partial charge is 0.131 e. The van der Waals surface area contributed by atoms with Gasteiger partial charge in [0.2, 0.25) is 0 Å². The zero-order valence-electron chi connectivity index (χ0n) is 7.17. The SMILES string of the molecule is COCc1nn(C)c(Cl)c1CN. The fraction of sp³-hybridized carbons (Fsp3) is 0.571. The number of ether oxygens (including phenoxy) is 1. The van der Waals surface area contributed by atoms with Crippen LogP contribution in [-0.2, 0) is 24.9 Å². The van der Waals surface area contributed by atoms with Gasteiger partial charge in [-0.25, -0.2) is 0 Å². The third-order valence-electron chi connectivity index (χ3n) is 1.64. The summed E-state index contributed by atoms with van der Waals surface area (Å²) in [5, 5.41) is 4.74. The lowest BCUT2D eigenvalue weighted by Crippen LogP contribution is -2.00. The van der Waals surface area contributed by atoms with Crippen molar-refractivity contribution in [2.24, 2.45) is 12.8 Å². The number of hydrogen-bond donors (Lipinski definition) is 1. The maximum Gasteiger partial charge on any atom is 0.131 e. The largest absolute Gasteiger partial charge is 0.378 e. The molecule has 0 aliphatic heterocycles. The normalized spacial score (nSPS) is 10.7. The van der Waals surface area contributed by atoms with Gasteiger partial charge in [0.25, 0.3) is 0 Å². The van der Waals surface area contributed by atoms with Crippen molar-refractivity contribution in [2.75, 3.05) is 7.11 Å². The first-order valence-corrected chi connectivity index (χ1v) is 3.97. The minimum atomic E-state index is 0.394. The molecule has 0 unspecified atom stereocenters. The Hall–Kier alpha value is -0.580. The lowest BCUT2D eigenvalue weighted by Gasteiger charge is -1.96. The second-order valence-corrected chi connectivity index (χ2v) is 2.83. The van der Waals surface area contributed by atoms with E-state index in [9.17, 15) is 0 Å². The molecule has 0 aromatic carbocycles. The van der Waals surface area contributed by atoms with E-state index in [1.54, 1.807) is 18.8 Å². The zero-order chi connectivity index (χ0) is 9.14. The van der Waals surface area contributed by atoms with Gasteiger partial charge >= 0.3 is 0 Å². The van der Waals surface area contributed by atoms with Gasteiger partial charge in [-0.1, -0.05) is 11.6 Å². The number of halogens is 1. The van der Waals surface area contributed by atoms with E-state index in [0.717, 1.165) is 11.3 Å². The summed E-state index contributed by atoms with van der Waals surface area (Å²) in [4.78, 5) is 0. The minimum absolute atomic E-state index is 0.394. The third kappa shape index (κ3) is 1.60. The molecule has 0 saturated carbocycles. The predicted octanol–water partition coefficient (Wildman–Crippen LogP) is 0.679. The zero-order valence-corrected chi connectivity index (χ0v) is 7.93. The van der Waals surface area contributed by atoms with Gasteiger partial charge in [-0.05, 0) is 0 Å². The Labute approximate surface area is 76.3 Å². The summed E-state index contributed by atoms with van der Waals surface area (Å²) in [5.74, 6) is 0. The van der Waals surface area contributed by atoms with Gasteiger partial charge in [0, 0.05) is 26.3 Å². The molecule has 0 fully saturated rings. The van der Waals surface area contributed by atoms with Crippen molar-refractivity contribution in [1.29, 1.82) is 0 Å². The van der Waals surface area contributed by atoms with Crippen LogP contribution in [0.1, 0.15) is 11.3 Å². The molecular formula is C7H12ClN3O. The van der Waals surface area contributed by atoms with Crippen LogP contribution < -0.4 is 5.73 Å². The molecule has 1 aromatic heterocycles. The van der Waals surface area contributed by atoms with E-state index in [1.165, 1.54) is 0 Å². The molecule has 0 aliphatic carbocycles. The van der Waals surface area contributed by atoms with Crippen molar-refractivity contribution in [3.05, 3.63) is 16.4 Å². The number of hydrogen-bond acceptors (Lipinski definition) is 3. The fourth-order valence-corrected chi connectivity index (χ4v) is 1.28. The molecule has 2 N–H and O–H groups in total. The van der Waals surface area contributed by atoms with Gasteiger partial charge in [0.15, 0.2) is 0 Å². The van der Waals surface area contributed by atoms with Crippen LogP contribution in [0.15, 0.2) is 0 Å². The predicted molar refractivity (Wildman–Crippen MR) is 46.8 cm³/mol. The van der Waals surface area contributed by atoms with Crippen LogP contribution in [0.3, 0.4) is 0 Å². The quantitative estimate of drug-likeness (QED) is 0.761. The second kappa shape index (κ2) is 3.89. The van der Waals surface area contributed by atoms with E-state index in [0.29, 0.717) is 18.3 Å². The van der Waals surface area contributed by atoms with Crippen LogP contribution in [0.2, 0.25) is 5.15 Å². The number of nitrogens with two attached hydrogens (primary N) is 1. The van der Waals surface area contributed by atoms with Crippen molar-refractivity contribution in [3.8, 4) is 0 Å². The minimum Gasteiger partial charge on any atom is -0.378 e. The van der Waals surface area contributed by atoms with E-state index in [2.05, 4.69) is 5.10 Å². The van der Waals surface area contributed by atoms with Crippen LogP contribution in [0.5, 0.6) is 0 Å². The Kier molecular flexibility index (Phi) is 3.08. The van der Waals surface area contributed by atoms with E-state index < -0.39 is 0 Å². The highest BCUT2D eigenvalue weighted by Gasteiger charge is 2.11. The average Bonchev–Trinajstić information content (AvgIpc) is 2.29. The first kappa shape index (κ1) is 9.51. The highest BCUT2D eigenvalue weighted by atomic mass is 35.5. The third-order valence-corrected chi connectivity index (χ3v) is 2.11. The van der Waals surface area contributed by atoms with Crippen molar-refractivity contribution >= 4 is 11.6 Å². The van der Waals surface area contributed by atoms with Crippen molar-refractivity contribution in [3.63, 3.8) is 0 Å². The Morgan fingerprint density at radius 2 is 2.33 bits per heavy atom. The topological polar surface area (TPSA) is 53.1 Å². The van der Waals surface area contributed by atoms with Crippen LogP contribution >= 0.6 is 11.6 Å². The highest BCUT2D eigenvalue weighted by molar-refractivity contribution is 6.30. The maximum atomic E-state index is 5.91. The number of methoxy groups -OCH3 is 1. The molecule has 0 aliphatic rings. The van der Waals surface area contributed by atoms with Crippen molar-refractivity contribution in [2.45, 2.75) is 13.2 Å². The fourth-order valence-electron chi connectivity index (χ4n) is 1.05. The molecule has 0 atom stereocenters. The summed E-state index contributed by atoms with van der Waals surface area (Å²) >= 11 is 5.91. The highest BCUT2D eigenvalue weighted by Crippen LogP contribution is 2.18. The summed E-state index contributed by atoms with van der Waals surface area (Å²) < 4.78 is 6.54. The molecule has 1 aromatic rings. The Bertz CT molecular complexity index is 272. The number of aryl methyl sites for hydroxylation is 1. The van der Waals surface area contributed by atoms with Gasteiger partial charge in [-0.3, -0.25) is 4.68 Å². The van der Waals surface area contributed by atoms with E-state index in [1.807, 2.05) is 0 Å². The molecular weight excluding hydrogens is 178 g/mol. The molecule has 1 heterocycles. The van der Waals surface area contributed by atoms with Gasteiger partial charge in [-0.15, -0.1) is 0 Å². The molecule has 0 bridgehead atoms. The molecule has 0 radical (unpaired) electrons. The molecule has 1 rings (SSSR count). The van der Waals surface area contributed by atoms with Crippen molar-refractivity contribution < 1.29 is 4.74 Å². The first-order valence-electron chi connectivity index (χ1n) is 3.60. The van der Waals surface area contributed by atoms with E-state index in [-0.39, 0.29) is 0 Å². The molecule has 68 valence electrons. The standard InChI is InChI=1S/C7H12ClN3O/c1-11-7(8)5(3-9)6(10-11)4-12-2/h3-4,9H2,1-2H3. The molecule has 4 nitrogen and oxygen atoms in total. The van der Waals surface area contributed by atoms with Gasteiger partial charge < -0.3 is 10.5 Å². The lowest BCUT2D eigenvalue weighted by molar-refractivity contribution is 0.180. The molecule has 0 spiro atoms. The number of aromatic nitrogens is 2. The van der Waals surface area contributed by atoms with Gasteiger partial charge in [0.05, 0.1) is 12.3 Å². The average molecular weight is 190 g/mol. The van der Waals surface area contributed by atoms with Crippen LogP contribution in [-0.4, -0.2) is 16.9 Å². The number of nitrogens with zero attached hydrogens (tertiary/aromatic N) is 2. The summed E-state index contributed by atoms with van der Waals surface area (Å²) in [6, 6.07) is 0. The molecule has 0 amide bonds. The van der Waals surface area contributed by atoms with Gasteiger partial charge in [-0.2, -0.15) is 5.10 Å². The number of rotatable bonds is 3. The first-order chi connectivity index (χ1) is 5.70. The summed E-state index contributed by atoms with van der Waals surface area (Å²) in [5.41, 5.74) is 7.18. The van der Waals surface area contributed by atoms with Crippen LogP contribution in [0.4, 0.5) is 0 Å². The van der Waals surface area contributed by atoms with Crippen molar-refractivity contribution in [1.82, 2.24) is 9.78 Å². The molecule has 12 heavy (non-hydrogen) atoms. The maximum absolute atomic E-state index is 5.91. The Morgan fingerprint density at radius 3 is 2.83 bits per heavy atom. The summed E-state index contributed by atoms with van der Waals surface area (Å²) in [6.07, 6.45) is 0. The Balaban J connectivity index is 3.02. The summed E-state index contributed by atoms with van der Waals surface area (Å²) in [6.45, 7) is 0.846. The second-order valence-electron chi connectivity index (χ2n) is 2.48. The van der Waals surface area contributed by atoms with Crippen LogP contribution in [0.25, 0.3) is 0 Å². The monoisotopic (exact) mass is 189 g/mol. The molecule has 0 saturated heterocycles. The lowest BCUT2D eigenvalue weighted by atomic mass is 10.2.